The third kappa shape index (κ3) is 5.19. The Kier molecular flexibility index (Phi) is 6.01. The first-order valence-electron chi connectivity index (χ1n) is 5.38. The molecule has 0 heterocycles. The molecule has 0 aliphatic carbocycles. The highest BCUT2D eigenvalue weighted by atomic mass is 16.4. The van der Waals surface area contributed by atoms with Gasteiger partial charge in [-0.3, -0.25) is 4.79 Å². The zero-order valence-electron chi connectivity index (χ0n) is 10.2. The number of primary amides is 1. The van der Waals surface area contributed by atoms with Crippen molar-refractivity contribution in [3.05, 3.63) is 0 Å². The smallest absolute Gasteiger partial charge is 0.326 e. The average molecular weight is 245 g/mol. The molecular weight excluding hydrogens is 226 g/mol. The monoisotopic (exact) mass is 245 g/mol. The fraction of sp³-hybridized carbons (Fsp3) is 0.700. The van der Waals surface area contributed by atoms with E-state index in [1.165, 1.54) is 0 Å². The number of carbonyl (C=O) groups excluding carboxylic acids is 2. The quantitative estimate of drug-likeness (QED) is 0.511. The van der Waals surface area contributed by atoms with E-state index in [0.717, 1.165) is 0 Å². The highest BCUT2D eigenvalue weighted by molar-refractivity contribution is 5.89. The van der Waals surface area contributed by atoms with Crippen molar-refractivity contribution in [2.24, 2.45) is 11.7 Å². The fourth-order valence-corrected chi connectivity index (χ4v) is 1.29. The SMILES string of the molecule is CCC(NC(=O)C(NC(N)=O)C(C)C)C(=O)O. The van der Waals surface area contributed by atoms with Crippen molar-refractivity contribution in [1.29, 1.82) is 0 Å². The van der Waals surface area contributed by atoms with Gasteiger partial charge in [-0.25, -0.2) is 9.59 Å². The maximum Gasteiger partial charge on any atom is 0.326 e. The molecule has 0 aromatic heterocycles. The second-order valence-corrected chi connectivity index (χ2v) is 4.04. The number of carboxylic acid groups (broad SMARTS) is 1. The lowest BCUT2D eigenvalue weighted by Crippen LogP contribution is -2.54. The Morgan fingerprint density at radius 1 is 1.24 bits per heavy atom. The number of carbonyl (C=O) groups is 3. The standard InChI is InChI=1S/C10H19N3O4/c1-4-6(9(15)16)12-8(14)7(5(2)3)13-10(11)17/h5-7H,4H2,1-3H3,(H,12,14)(H,15,16)(H3,11,13,17). The van der Waals surface area contributed by atoms with E-state index < -0.39 is 30.0 Å². The van der Waals surface area contributed by atoms with Crippen molar-refractivity contribution in [3.63, 3.8) is 0 Å². The van der Waals surface area contributed by atoms with E-state index in [4.69, 9.17) is 10.8 Å². The highest BCUT2D eigenvalue weighted by Gasteiger charge is 2.27. The number of hydrogen-bond donors (Lipinski definition) is 4. The molecule has 3 amide bonds. The van der Waals surface area contributed by atoms with Crippen LogP contribution >= 0.6 is 0 Å². The lowest BCUT2D eigenvalue weighted by atomic mass is 10.0. The van der Waals surface area contributed by atoms with Gasteiger partial charge in [-0.1, -0.05) is 20.8 Å². The molecule has 7 nitrogen and oxygen atoms in total. The number of nitrogens with two attached hydrogens (primary N) is 1. The van der Waals surface area contributed by atoms with Crippen LogP contribution in [0.2, 0.25) is 0 Å². The van der Waals surface area contributed by atoms with Crippen LogP contribution in [0, 0.1) is 5.92 Å². The van der Waals surface area contributed by atoms with Crippen LogP contribution in [0.3, 0.4) is 0 Å². The van der Waals surface area contributed by atoms with Crippen LogP contribution in [0.15, 0.2) is 0 Å². The minimum Gasteiger partial charge on any atom is -0.480 e. The van der Waals surface area contributed by atoms with Gasteiger partial charge in [0, 0.05) is 0 Å². The molecule has 98 valence electrons. The molecule has 0 radical (unpaired) electrons. The second-order valence-electron chi connectivity index (χ2n) is 4.04. The summed E-state index contributed by atoms with van der Waals surface area (Å²) in [6, 6.07) is -2.61. The number of nitrogens with one attached hydrogen (secondary N) is 2. The summed E-state index contributed by atoms with van der Waals surface area (Å²) in [6.07, 6.45) is 0.266. The Labute approximate surface area is 99.7 Å². The molecular formula is C10H19N3O4. The molecule has 0 aliphatic heterocycles. The minimum atomic E-state index is -1.11. The maximum absolute atomic E-state index is 11.7. The normalized spacial score (nSPS) is 13.9. The number of carboxylic acids is 1. The lowest BCUT2D eigenvalue weighted by molar-refractivity contribution is -0.142. The molecule has 7 heteroatoms. The predicted molar refractivity (Wildman–Crippen MR) is 61.2 cm³/mol. The van der Waals surface area contributed by atoms with E-state index in [2.05, 4.69) is 10.6 Å². The summed E-state index contributed by atoms with van der Waals surface area (Å²) in [6.45, 7) is 5.09. The van der Waals surface area contributed by atoms with Gasteiger partial charge in [0.2, 0.25) is 5.91 Å². The van der Waals surface area contributed by atoms with E-state index >= 15 is 0 Å². The first-order chi connectivity index (χ1) is 7.79. The molecule has 0 aromatic carbocycles. The van der Waals surface area contributed by atoms with Gasteiger partial charge >= 0.3 is 12.0 Å². The summed E-state index contributed by atoms with van der Waals surface area (Å²) in [5, 5.41) is 13.4. The summed E-state index contributed by atoms with van der Waals surface area (Å²) in [4.78, 5) is 33.2. The third-order valence-corrected chi connectivity index (χ3v) is 2.27. The number of hydrogen-bond acceptors (Lipinski definition) is 3. The van der Waals surface area contributed by atoms with Gasteiger partial charge in [-0.2, -0.15) is 0 Å². The molecule has 0 aliphatic rings. The lowest BCUT2D eigenvalue weighted by Gasteiger charge is -2.22. The number of amides is 3. The van der Waals surface area contributed by atoms with Gasteiger partial charge in [-0.15, -0.1) is 0 Å². The van der Waals surface area contributed by atoms with E-state index in [1.807, 2.05) is 0 Å². The molecule has 2 unspecified atom stereocenters. The molecule has 2 atom stereocenters. The highest BCUT2D eigenvalue weighted by Crippen LogP contribution is 2.03. The molecule has 0 spiro atoms. The van der Waals surface area contributed by atoms with Crippen LogP contribution in [0.25, 0.3) is 0 Å². The topological polar surface area (TPSA) is 122 Å². The Morgan fingerprint density at radius 2 is 1.76 bits per heavy atom. The Balaban J connectivity index is 4.62. The van der Waals surface area contributed by atoms with Crippen molar-refractivity contribution >= 4 is 17.9 Å². The summed E-state index contributed by atoms with van der Waals surface area (Å²) in [5.41, 5.74) is 4.95. The number of rotatable bonds is 6. The van der Waals surface area contributed by atoms with Crippen molar-refractivity contribution in [1.82, 2.24) is 10.6 Å². The van der Waals surface area contributed by atoms with Crippen molar-refractivity contribution in [3.8, 4) is 0 Å². The fourth-order valence-electron chi connectivity index (χ4n) is 1.29. The van der Waals surface area contributed by atoms with Gasteiger partial charge in [0.25, 0.3) is 0 Å². The minimum absolute atomic E-state index is 0.186. The van der Waals surface area contributed by atoms with Gasteiger partial charge in [-0.05, 0) is 12.3 Å². The van der Waals surface area contributed by atoms with E-state index in [0.29, 0.717) is 0 Å². The molecule has 0 rings (SSSR count). The molecule has 0 saturated carbocycles. The summed E-state index contributed by atoms with van der Waals surface area (Å²) in [5.74, 6) is -1.84. The molecule has 5 N–H and O–H groups in total. The van der Waals surface area contributed by atoms with Gasteiger partial charge in [0.15, 0.2) is 0 Å². The Bertz CT molecular complexity index is 304. The van der Waals surface area contributed by atoms with Crippen LogP contribution in [-0.2, 0) is 9.59 Å². The van der Waals surface area contributed by atoms with Crippen molar-refractivity contribution < 1.29 is 19.5 Å². The van der Waals surface area contributed by atoms with Crippen molar-refractivity contribution in [2.45, 2.75) is 39.3 Å². The summed E-state index contributed by atoms with van der Waals surface area (Å²) < 4.78 is 0. The third-order valence-electron chi connectivity index (χ3n) is 2.27. The molecule has 17 heavy (non-hydrogen) atoms. The zero-order valence-corrected chi connectivity index (χ0v) is 10.2. The second kappa shape index (κ2) is 6.72. The Hall–Kier alpha value is -1.79. The van der Waals surface area contributed by atoms with Gasteiger partial charge in [0.05, 0.1) is 0 Å². The van der Waals surface area contributed by atoms with E-state index in [9.17, 15) is 14.4 Å². The zero-order chi connectivity index (χ0) is 13.6. The average Bonchev–Trinajstić information content (AvgIpc) is 2.20. The van der Waals surface area contributed by atoms with Gasteiger partial charge in [0.1, 0.15) is 12.1 Å². The largest absolute Gasteiger partial charge is 0.480 e. The Morgan fingerprint density at radius 3 is 2.06 bits per heavy atom. The first kappa shape index (κ1) is 15.2. The number of aliphatic carboxylic acids is 1. The van der Waals surface area contributed by atoms with Crippen LogP contribution in [0.5, 0.6) is 0 Å². The first-order valence-corrected chi connectivity index (χ1v) is 5.38. The summed E-state index contributed by atoms with van der Waals surface area (Å²) >= 11 is 0. The van der Waals surface area contributed by atoms with Gasteiger partial charge < -0.3 is 21.5 Å². The molecule has 0 saturated heterocycles. The maximum atomic E-state index is 11.7. The van der Waals surface area contributed by atoms with Crippen LogP contribution < -0.4 is 16.4 Å². The summed E-state index contributed by atoms with van der Waals surface area (Å²) in [7, 11) is 0. The molecule has 0 aromatic rings. The van der Waals surface area contributed by atoms with Crippen molar-refractivity contribution in [2.75, 3.05) is 0 Å². The van der Waals surface area contributed by atoms with E-state index in [1.54, 1.807) is 20.8 Å². The molecule has 0 fully saturated rings. The van der Waals surface area contributed by atoms with Crippen LogP contribution in [0.1, 0.15) is 27.2 Å². The molecule has 0 bridgehead atoms. The van der Waals surface area contributed by atoms with Crippen LogP contribution in [0.4, 0.5) is 4.79 Å². The van der Waals surface area contributed by atoms with Crippen LogP contribution in [-0.4, -0.2) is 35.1 Å². The van der Waals surface area contributed by atoms with E-state index in [-0.39, 0.29) is 12.3 Å². The predicted octanol–water partition coefficient (Wildman–Crippen LogP) is -0.341. The number of urea groups is 1.